The maximum Gasteiger partial charge on any atom is 0.431 e. The van der Waals surface area contributed by atoms with E-state index >= 15 is 0 Å². The van der Waals surface area contributed by atoms with Crippen LogP contribution in [0.4, 0.5) is 9.59 Å². The summed E-state index contributed by atoms with van der Waals surface area (Å²) in [6.07, 6.45) is 2.58. The van der Waals surface area contributed by atoms with Crippen molar-refractivity contribution >= 4 is 12.2 Å². The fourth-order valence-corrected chi connectivity index (χ4v) is 2.19. The number of carbonyl (C=O) groups excluding carboxylic acids is 2. The van der Waals surface area contributed by atoms with Crippen molar-refractivity contribution < 1.29 is 23.9 Å². The van der Waals surface area contributed by atoms with E-state index in [0.717, 1.165) is 5.56 Å². The van der Waals surface area contributed by atoms with Crippen molar-refractivity contribution in [2.45, 2.75) is 39.0 Å². The number of amides is 2. The van der Waals surface area contributed by atoms with Gasteiger partial charge in [-0.2, -0.15) is 5.48 Å². The highest BCUT2D eigenvalue weighted by atomic mass is 16.7. The van der Waals surface area contributed by atoms with Crippen LogP contribution in [0.3, 0.4) is 0 Å². The number of nitrogens with zero attached hydrogens (tertiary/aromatic N) is 1. The van der Waals surface area contributed by atoms with Crippen molar-refractivity contribution in [1.29, 1.82) is 0 Å². The number of rotatable bonds is 5. The highest BCUT2D eigenvalue weighted by Gasteiger charge is 2.29. The second kappa shape index (κ2) is 8.53. The molecule has 1 aliphatic heterocycles. The fraction of sp³-hybridized carbons (Fsp3) is 0.444. The van der Waals surface area contributed by atoms with Gasteiger partial charge in [0, 0.05) is 6.54 Å². The molecule has 7 heteroatoms. The predicted molar refractivity (Wildman–Crippen MR) is 91.6 cm³/mol. The summed E-state index contributed by atoms with van der Waals surface area (Å²) in [5.74, 6) is 0. The zero-order chi connectivity index (χ0) is 18.3. The lowest BCUT2D eigenvalue weighted by atomic mass is 10.2. The molecular weight excluding hydrogens is 324 g/mol. The van der Waals surface area contributed by atoms with E-state index < -0.39 is 17.8 Å². The van der Waals surface area contributed by atoms with Crippen molar-refractivity contribution in [2.75, 3.05) is 13.2 Å². The van der Waals surface area contributed by atoms with Gasteiger partial charge < -0.3 is 9.47 Å². The number of hydroxylamine groups is 1. The number of carbonyl (C=O) groups is 2. The van der Waals surface area contributed by atoms with Crippen LogP contribution in [-0.2, 0) is 20.9 Å². The zero-order valence-corrected chi connectivity index (χ0v) is 14.7. The third kappa shape index (κ3) is 6.46. The summed E-state index contributed by atoms with van der Waals surface area (Å²) < 4.78 is 10.4. The van der Waals surface area contributed by atoms with Crippen LogP contribution in [0.2, 0.25) is 0 Å². The minimum atomic E-state index is -0.686. The van der Waals surface area contributed by atoms with Gasteiger partial charge in [-0.1, -0.05) is 42.5 Å². The Hall–Kier alpha value is -2.54. The van der Waals surface area contributed by atoms with Gasteiger partial charge in [-0.25, -0.2) is 9.59 Å². The van der Waals surface area contributed by atoms with Gasteiger partial charge in [0.05, 0.1) is 12.6 Å². The topological polar surface area (TPSA) is 77.1 Å². The normalized spacial score (nSPS) is 16.6. The Balaban J connectivity index is 1.70. The smallest absolute Gasteiger partial charge is 0.431 e. The second-order valence-corrected chi connectivity index (χ2v) is 6.60. The quantitative estimate of drug-likeness (QED) is 0.654. The number of hydrogen-bond acceptors (Lipinski definition) is 5. The molecule has 0 saturated carbocycles. The molecule has 1 aromatic carbocycles. The summed E-state index contributed by atoms with van der Waals surface area (Å²) in [4.78, 5) is 30.4. The molecule has 0 saturated heterocycles. The molecule has 1 unspecified atom stereocenters. The van der Waals surface area contributed by atoms with E-state index in [9.17, 15) is 9.59 Å². The average molecular weight is 348 g/mol. The molecule has 0 bridgehead atoms. The predicted octanol–water partition coefficient (Wildman–Crippen LogP) is 3.02. The fourth-order valence-electron chi connectivity index (χ4n) is 2.19. The van der Waals surface area contributed by atoms with Gasteiger partial charge in [-0.15, -0.1) is 0 Å². The van der Waals surface area contributed by atoms with Gasteiger partial charge in [0.25, 0.3) is 0 Å². The van der Waals surface area contributed by atoms with Gasteiger partial charge in [-0.05, 0) is 26.3 Å². The lowest BCUT2D eigenvalue weighted by molar-refractivity contribution is -0.00731. The minimum absolute atomic E-state index is 0.107. The summed E-state index contributed by atoms with van der Waals surface area (Å²) in [6.45, 7) is 6.14. The first-order valence-electron chi connectivity index (χ1n) is 8.10. The minimum Gasteiger partial charge on any atom is -0.444 e. The van der Waals surface area contributed by atoms with E-state index in [1.807, 2.05) is 63.3 Å². The van der Waals surface area contributed by atoms with Crippen LogP contribution in [0.1, 0.15) is 26.3 Å². The lowest BCUT2D eigenvalue weighted by Gasteiger charge is -2.28. The monoisotopic (exact) mass is 348 g/mol. The maximum atomic E-state index is 12.1. The first-order chi connectivity index (χ1) is 11.8. The second-order valence-electron chi connectivity index (χ2n) is 6.60. The van der Waals surface area contributed by atoms with Gasteiger partial charge in [-0.3, -0.25) is 9.74 Å². The molecule has 1 N–H and O–H groups in total. The van der Waals surface area contributed by atoms with Crippen molar-refractivity contribution in [3.05, 3.63) is 48.0 Å². The number of ether oxygens (including phenoxy) is 2. The molecule has 2 amide bonds. The number of hydrogen-bond donors (Lipinski definition) is 1. The van der Waals surface area contributed by atoms with Crippen molar-refractivity contribution in [2.24, 2.45) is 0 Å². The average Bonchev–Trinajstić information content (AvgIpc) is 3.01. The molecule has 2 rings (SSSR count). The Bertz CT molecular complexity index is 610. The van der Waals surface area contributed by atoms with E-state index in [2.05, 4.69) is 5.48 Å². The molecule has 0 spiro atoms. The van der Waals surface area contributed by atoms with Gasteiger partial charge in [0.15, 0.2) is 0 Å². The van der Waals surface area contributed by atoms with Crippen LogP contribution in [-0.4, -0.2) is 41.9 Å². The largest absolute Gasteiger partial charge is 0.444 e. The van der Waals surface area contributed by atoms with Gasteiger partial charge in [0.2, 0.25) is 0 Å². The SMILES string of the molecule is CC(C)(C)OC(=O)N1CC=CC1CONC(=O)OCc1ccccc1. The molecule has 0 aromatic heterocycles. The molecule has 0 aliphatic carbocycles. The van der Waals surface area contributed by atoms with Crippen LogP contribution < -0.4 is 5.48 Å². The third-order valence-electron chi connectivity index (χ3n) is 3.31. The summed E-state index contributed by atoms with van der Waals surface area (Å²) in [7, 11) is 0. The molecule has 25 heavy (non-hydrogen) atoms. The summed E-state index contributed by atoms with van der Waals surface area (Å²) in [6, 6.07) is 9.03. The summed E-state index contributed by atoms with van der Waals surface area (Å²) in [5.41, 5.74) is 2.53. The van der Waals surface area contributed by atoms with Crippen molar-refractivity contribution in [3.8, 4) is 0 Å². The Morgan fingerprint density at radius 3 is 2.64 bits per heavy atom. The Kier molecular flexibility index (Phi) is 6.41. The third-order valence-corrected chi connectivity index (χ3v) is 3.31. The van der Waals surface area contributed by atoms with Crippen LogP contribution in [0.15, 0.2) is 42.5 Å². The van der Waals surface area contributed by atoms with Gasteiger partial charge in [0.1, 0.15) is 12.2 Å². The highest BCUT2D eigenvalue weighted by molar-refractivity contribution is 5.70. The summed E-state index contributed by atoms with van der Waals surface area (Å²) in [5, 5.41) is 0. The van der Waals surface area contributed by atoms with Crippen LogP contribution in [0.5, 0.6) is 0 Å². The number of benzene rings is 1. The van der Waals surface area contributed by atoms with Crippen molar-refractivity contribution in [1.82, 2.24) is 10.4 Å². The maximum absolute atomic E-state index is 12.1. The molecule has 7 nitrogen and oxygen atoms in total. The standard InChI is InChI=1S/C18H24N2O5/c1-18(2,3)25-17(22)20-11-7-10-15(20)13-24-19-16(21)23-12-14-8-5-4-6-9-14/h4-10,15H,11-13H2,1-3H3,(H,19,21). The van der Waals surface area contributed by atoms with Crippen LogP contribution in [0.25, 0.3) is 0 Å². The van der Waals surface area contributed by atoms with Crippen LogP contribution in [0, 0.1) is 0 Å². The van der Waals surface area contributed by atoms with E-state index in [1.54, 1.807) is 0 Å². The molecule has 1 heterocycles. The molecule has 0 radical (unpaired) electrons. The van der Waals surface area contributed by atoms with Crippen LogP contribution >= 0.6 is 0 Å². The molecule has 1 aliphatic rings. The van der Waals surface area contributed by atoms with E-state index in [-0.39, 0.29) is 19.3 Å². The first kappa shape index (κ1) is 18.8. The number of nitrogens with one attached hydrogen (secondary N) is 1. The molecular formula is C18H24N2O5. The van der Waals surface area contributed by atoms with Gasteiger partial charge >= 0.3 is 12.2 Å². The van der Waals surface area contributed by atoms with E-state index in [1.165, 1.54) is 4.90 Å². The Morgan fingerprint density at radius 1 is 1.24 bits per heavy atom. The first-order valence-corrected chi connectivity index (χ1v) is 8.10. The highest BCUT2D eigenvalue weighted by Crippen LogP contribution is 2.16. The van der Waals surface area contributed by atoms with E-state index in [0.29, 0.717) is 6.54 Å². The molecule has 0 fully saturated rings. The molecule has 136 valence electrons. The van der Waals surface area contributed by atoms with Crippen molar-refractivity contribution in [3.63, 3.8) is 0 Å². The van der Waals surface area contributed by atoms with E-state index in [4.69, 9.17) is 14.3 Å². The Morgan fingerprint density at radius 2 is 1.96 bits per heavy atom. The summed E-state index contributed by atoms with van der Waals surface area (Å²) >= 11 is 0. The molecule has 1 atom stereocenters. The molecule has 1 aromatic rings. The lowest BCUT2D eigenvalue weighted by Crippen LogP contribution is -2.43. The zero-order valence-electron chi connectivity index (χ0n) is 14.7. The Labute approximate surface area is 147 Å².